The van der Waals surface area contributed by atoms with Gasteiger partial charge in [-0.25, -0.2) is 4.79 Å². The van der Waals surface area contributed by atoms with Crippen molar-refractivity contribution in [2.24, 2.45) is 0 Å². The Morgan fingerprint density at radius 1 is 1.43 bits per heavy atom. The van der Waals surface area contributed by atoms with Crippen LogP contribution < -0.4 is 11.2 Å². The standard InChI is InChI=1S/C15H24N4O4/c1-11-7-19(14(22)16-13(11)21)8-12(20)18-6-4-5-15(23,10-18)9-17(2)3/h7,23H,4-6,8-10H2,1-3H3,(H,16,21,22). The number of rotatable bonds is 4. The smallest absolute Gasteiger partial charge is 0.328 e. The van der Waals surface area contributed by atoms with Crippen molar-refractivity contribution in [1.29, 1.82) is 0 Å². The van der Waals surface area contributed by atoms with E-state index in [2.05, 4.69) is 4.98 Å². The quantitative estimate of drug-likeness (QED) is 0.722. The maximum Gasteiger partial charge on any atom is 0.328 e. The van der Waals surface area contributed by atoms with E-state index in [-0.39, 0.29) is 19.0 Å². The third-order valence-electron chi connectivity index (χ3n) is 4.01. The third-order valence-corrected chi connectivity index (χ3v) is 4.01. The molecule has 0 aromatic carbocycles. The molecule has 1 fully saturated rings. The fraction of sp³-hybridized carbons (Fsp3) is 0.667. The van der Waals surface area contributed by atoms with E-state index < -0.39 is 16.9 Å². The Morgan fingerprint density at radius 3 is 2.78 bits per heavy atom. The molecule has 0 aliphatic carbocycles. The Hall–Kier alpha value is -1.93. The lowest BCUT2D eigenvalue weighted by atomic mass is 9.92. The molecule has 1 aromatic heterocycles. The first kappa shape index (κ1) is 17.4. The summed E-state index contributed by atoms with van der Waals surface area (Å²) in [5.41, 5.74) is -1.60. The van der Waals surface area contributed by atoms with Crippen LogP contribution in [0, 0.1) is 6.92 Å². The second-order valence-corrected chi connectivity index (χ2v) is 6.58. The van der Waals surface area contributed by atoms with Crippen molar-refractivity contribution in [2.75, 3.05) is 33.7 Å². The van der Waals surface area contributed by atoms with E-state index in [1.165, 1.54) is 10.8 Å². The van der Waals surface area contributed by atoms with Gasteiger partial charge in [0.25, 0.3) is 5.56 Å². The number of likely N-dealkylation sites (N-methyl/N-ethyl adjacent to an activating group) is 1. The van der Waals surface area contributed by atoms with Gasteiger partial charge in [-0.2, -0.15) is 0 Å². The molecule has 2 heterocycles. The highest BCUT2D eigenvalue weighted by Crippen LogP contribution is 2.22. The number of β-amino-alcohol motifs (C(OH)–C–C–N with tert-alkyl or cyclic N) is 1. The van der Waals surface area contributed by atoms with Gasteiger partial charge < -0.3 is 14.9 Å². The second-order valence-electron chi connectivity index (χ2n) is 6.58. The largest absolute Gasteiger partial charge is 0.387 e. The molecule has 2 N–H and O–H groups in total. The molecule has 2 rings (SSSR count). The van der Waals surface area contributed by atoms with E-state index in [4.69, 9.17) is 0 Å². The number of likely N-dealkylation sites (tertiary alicyclic amines) is 1. The van der Waals surface area contributed by atoms with E-state index in [0.29, 0.717) is 25.1 Å². The van der Waals surface area contributed by atoms with Crippen LogP contribution in [-0.2, 0) is 11.3 Å². The molecule has 8 nitrogen and oxygen atoms in total. The Bertz CT molecular complexity index is 693. The molecule has 1 aliphatic heterocycles. The lowest BCUT2D eigenvalue weighted by molar-refractivity contribution is -0.139. The Labute approximate surface area is 134 Å². The number of aromatic nitrogens is 2. The lowest BCUT2D eigenvalue weighted by Crippen LogP contribution is -2.55. The summed E-state index contributed by atoms with van der Waals surface area (Å²) in [4.78, 5) is 41.2. The van der Waals surface area contributed by atoms with E-state index in [0.717, 1.165) is 6.42 Å². The van der Waals surface area contributed by atoms with E-state index in [1.807, 2.05) is 19.0 Å². The van der Waals surface area contributed by atoms with E-state index in [1.54, 1.807) is 11.8 Å². The van der Waals surface area contributed by atoms with Gasteiger partial charge in [0.15, 0.2) is 0 Å². The summed E-state index contributed by atoms with van der Waals surface area (Å²) in [7, 11) is 3.75. The molecule has 0 spiro atoms. The Kier molecular flexibility index (Phi) is 5.06. The number of hydrogen-bond acceptors (Lipinski definition) is 5. The summed E-state index contributed by atoms with van der Waals surface area (Å²) in [6.07, 6.45) is 2.75. The van der Waals surface area contributed by atoms with Gasteiger partial charge in [-0.15, -0.1) is 0 Å². The summed E-state index contributed by atoms with van der Waals surface area (Å²) in [5, 5.41) is 10.6. The topological polar surface area (TPSA) is 98.6 Å². The molecule has 23 heavy (non-hydrogen) atoms. The number of carbonyl (C=O) groups is 1. The van der Waals surface area contributed by atoms with Crippen LogP contribution in [0.15, 0.2) is 15.8 Å². The van der Waals surface area contributed by atoms with Crippen LogP contribution >= 0.6 is 0 Å². The normalized spacial score (nSPS) is 21.7. The number of aryl methyl sites for hydroxylation is 1. The van der Waals surface area contributed by atoms with Crippen LogP contribution in [-0.4, -0.2) is 69.7 Å². The average molecular weight is 324 g/mol. The van der Waals surface area contributed by atoms with Gasteiger partial charge in [-0.05, 0) is 33.9 Å². The van der Waals surface area contributed by atoms with Crippen LogP contribution in [0.25, 0.3) is 0 Å². The van der Waals surface area contributed by atoms with Crippen LogP contribution in [0.2, 0.25) is 0 Å². The van der Waals surface area contributed by atoms with E-state index >= 15 is 0 Å². The highest BCUT2D eigenvalue weighted by atomic mass is 16.3. The van der Waals surface area contributed by atoms with Crippen molar-refractivity contribution in [3.8, 4) is 0 Å². The third kappa shape index (κ3) is 4.29. The zero-order valence-corrected chi connectivity index (χ0v) is 13.8. The fourth-order valence-corrected chi connectivity index (χ4v) is 3.02. The van der Waals surface area contributed by atoms with Crippen molar-refractivity contribution in [2.45, 2.75) is 31.9 Å². The Morgan fingerprint density at radius 2 is 2.13 bits per heavy atom. The minimum Gasteiger partial charge on any atom is -0.387 e. The molecule has 1 unspecified atom stereocenters. The number of H-pyrrole nitrogens is 1. The monoisotopic (exact) mass is 324 g/mol. The second kappa shape index (κ2) is 6.67. The van der Waals surface area contributed by atoms with Crippen molar-refractivity contribution in [1.82, 2.24) is 19.4 Å². The fourth-order valence-electron chi connectivity index (χ4n) is 3.02. The molecule has 0 bridgehead atoms. The molecule has 8 heteroatoms. The van der Waals surface area contributed by atoms with Gasteiger partial charge in [0, 0.05) is 24.8 Å². The number of aromatic amines is 1. The molecule has 1 amide bonds. The first-order chi connectivity index (χ1) is 10.7. The zero-order valence-electron chi connectivity index (χ0n) is 13.8. The molecule has 1 atom stereocenters. The first-order valence-electron chi connectivity index (χ1n) is 7.65. The number of piperidine rings is 1. The highest BCUT2D eigenvalue weighted by molar-refractivity contribution is 5.76. The van der Waals surface area contributed by atoms with Gasteiger partial charge in [-0.3, -0.25) is 19.1 Å². The minimum atomic E-state index is -0.927. The van der Waals surface area contributed by atoms with Gasteiger partial charge in [-0.1, -0.05) is 0 Å². The number of nitrogens with one attached hydrogen (secondary N) is 1. The van der Waals surface area contributed by atoms with Gasteiger partial charge in [0.2, 0.25) is 5.91 Å². The van der Waals surface area contributed by atoms with E-state index in [9.17, 15) is 19.5 Å². The number of nitrogens with zero attached hydrogens (tertiary/aromatic N) is 3. The summed E-state index contributed by atoms with van der Waals surface area (Å²) >= 11 is 0. The van der Waals surface area contributed by atoms with Crippen LogP contribution in [0.4, 0.5) is 0 Å². The predicted molar refractivity (Wildman–Crippen MR) is 85.4 cm³/mol. The first-order valence-corrected chi connectivity index (χ1v) is 7.65. The molecule has 1 aromatic rings. The zero-order chi connectivity index (χ0) is 17.2. The van der Waals surface area contributed by atoms with Gasteiger partial charge in [0.1, 0.15) is 6.54 Å². The van der Waals surface area contributed by atoms with Crippen LogP contribution in [0.3, 0.4) is 0 Å². The van der Waals surface area contributed by atoms with Crippen molar-refractivity contribution >= 4 is 5.91 Å². The van der Waals surface area contributed by atoms with Gasteiger partial charge in [0.05, 0.1) is 12.1 Å². The average Bonchev–Trinajstić information content (AvgIpc) is 2.43. The number of carbonyl (C=O) groups excluding carboxylic acids is 1. The summed E-state index contributed by atoms with van der Waals surface area (Å²) < 4.78 is 1.19. The number of amides is 1. The number of hydrogen-bond donors (Lipinski definition) is 2. The maximum atomic E-state index is 12.4. The summed E-state index contributed by atoms with van der Waals surface area (Å²) in [5.74, 6) is -0.240. The number of aliphatic hydroxyl groups is 1. The molecule has 1 aliphatic rings. The predicted octanol–water partition coefficient (Wildman–Crippen LogP) is -1.24. The van der Waals surface area contributed by atoms with Crippen molar-refractivity contribution < 1.29 is 9.90 Å². The molecular weight excluding hydrogens is 300 g/mol. The maximum absolute atomic E-state index is 12.4. The van der Waals surface area contributed by atoms with Crippen LogP contribution in [0.1, 0.15) is 18.4 Å². The highest BCUT2D eigenvalue weighted by Gasteiger charge is 2.35. The Balaban J connectivity index is 2.10. The molecule has 0 saturated carbocycles. The SMILES string of the molecule is Cc1cn(CC(=O)N2CCCC(O)(CN(C)C)C2)c(=O)[nH]c1=O. The molecule has 128 valence electrons. The molecule has 0 radical (unpaired) electrons. The molecular formula is C15H24N4O4. The van der Waals surface area contributed by atoms with Crippen molar-refractivity contribution in [3.63, 3.8) is 0 Å². The molecule has 1 saturated heterocycles. The lowest BCUT2D eigenvalue weighted by Gasteiger charge is -2.40. The van der Waals surface area contributed by atoms with Crippen molar-refractivity contribution in [3.05, 3.63) is 32.6 Å². The minimum absolute atomic E-state index is 0.144. The van der Waals surface area contributed by atoms with Gasteiger partial charge >= 0.3 is 5.69 Å². The summed E-state index contributed by atoms with van der Waals surface area (Å²) in [6, 6.07) is 0. The van der Waals surface area contributed by atoms with Crippen LogP contribution in [0.5, 0.6) is 0 Å². The summed E-state index contributed by atoms with van der Waals surface area (Å²) in [6.45, 7) is 2.73.